The molecule has 2 aromatic rings. The molecule has 2 atom stereocenters. The second kappa shape index (κ2) is 7.96. The molecule has 1 fully saturated rings. The van der Waals surface area contributed by atoms with E-state index in [1.807, 2.05) is 24.0 Å². The summed E-state index contributed by atoms with van der Waals surface area (Å²) in [7, 11) is 1.78. The molecule has 3 heterocycles. The summed E-state index contributed by atoms with van der Waals surface area (Å²) in [5.41, 5.74) is 2.21. The Balaban J connectivity index is 1.70. The van der Waals surface area contributed by atoms with Crippen molar-refractivity contribution in [1.29, 1.82) is 0 Å². The van der Waals surface area contributed by atoms with Crippen LogP contribution in [-0.4, -0.2) is 57.6 Å². The molecule has 0 radical (unpaired) electrons. The number of hydrogen-bond acceptors (Lipinski definition) is 4. The number of halogens is 2. The number of rotatable bonds is 3. The molecule has 0 spiro atoms. The van der Waals surface area contributed by atoms with Crippen molar-refractivity contribution in [3.05, 3.63) is 57.3 Å². The van der Waals surface area contributed by atoms with Gasteiger partial charge in [-0.2, -0.15) is 5.10 Å². The maximum Gasteiger partial charge on any atom is 0.254 e. The Bertz CT molecular complexity index is 1050. The fourth-order valence-corrected chi connectivity index (χ4v) is 4.45. The van der Waals surface area contributed by atoms with Crippen LogP contribution < -0.4 is 5.32 Å². The number of nitrogens with one attached hydrogen (secondary N) is 1. The molecule has 158 valence electrons. The number of anilines is 1. The summed E-state index contributed by atoms with van der Waals surface area (Å²) in [4.78, 5) is 28.9. The van der Waals surface area contributed by atoms with Crippen LogP contribution in [0.25, 0.3) is 0 Å². The number of hydrogen-bond donors (Lipinski definition) is 1. The monoisotopic (exact) mass is 447 g/mol. The molecule has 4 rings (SSSR count). The quantitative estimate of drug-likeness (QED) is 0.780. The molecule has 1 saturated heterocycles. The zero-order valence-electron chi connectivity index (χ0n) is 17.0. The third-order valence-electron chi connectivity index (χ3n) is 5.89. The van der Waals surface area contributed by atoms with E-state index in [1.54, 1.807) is 41.9 Å². The minimum Gasteiger partial charge on any atom is -0.344 e. The molecule has 0 saturated carbocycles. The third kappa shape index (κ3) is 3.56. The number of allylic oxidation sites excluding steroid dienone is 1. The largest absolute Gasteiger partial charge is 0.344 e. The number of carbonyl (C=O) groups excluding carboxylic acids is 2. The Labute approximate surface area is 185 Å². The highest BCUT2D eigenvalue weighted by Crippen LogP contribution is 2.38. The Hall–Kier alpha value is -2.51. The van der Waals surface area contributed by atoms with Crippen molar-refractivity contribution in [2.45, 2.75) is 32.4 Å². The van der Waals surface area contributed by atoms with E-state index >= 15 is 0 Å². The van der Waals surface area contributed by atoms with Gasteiger partial charge in [-0.15, -0.1) is 0 Å². The first-order valence-corrected chi connectivity index (χ1v) is 10.5. The summed E-state index contributed by atoms with van der Waals surface area (Å²) in [6, 6.07) is 6.84. The van der Waals surface area contributed by atoms with Crippen molar-refractivity contribution in [3.8, 4) is 0 Å². The number of likely N-dealkylation sites (N-methyl/N-ethyl adjacent to an activating group) is 1. The molecule has 7 nitrogen and oxygen atoms in total. The van der Waals surface area contributed by atoms with Crippen LogP contribution in [-0.2, 0) is 9.59 Å². The first kappa shape index (κ1) is 20.8. The van der Waals surface area contributed by atoms with Crippen LogP contribution in [0.3, 0.4) is 0 Å². The van der Waals surface area contributed by atoms with E-state index in [-0.39, 0.29) is 17.9 Å². The van der Waals surface area contributed by atoms with E-state index < -0.39 is 6.04 Å². The minimum atomic E-state index is -0.428. The van der Waals surface area contributed by atoms with Crippen molar-refractivity contribution in [3.63, 3.8) is 0 Å². The molecular formula is C21H23Cl2N5O2. The van der Waals surface area contributed by atoms with Crippen LogP contribution in [0.1, 0.15) is 31.9 Å². The van der Waals surface area contributed by atoms with E-state index in [2.05, 4.69) is 10.4 Å². The lowest BCUT2D eigenvalue weighted by Crippen LogP contribution is -2.41. The molecule has 9 heteroatoms. The number of benzene rings is 1. The smallest absolute Gasteiger partial charge is 0.254 e. The lowest BCUT2D eigenvalue weighted by molar-refractivity contribution is -0.131. The summed E-state index contributed by atoms with van der Waals surface area (Å²) in [6.07, 6.45) is 2.45. The number of likely N-dealkylation sites (tertiary alicyclic amines) is 1. The van der Waals surface area contributed by atoms with E-state index in [0.29, 0.717) is 28.7 Å². The standard InChI is InChI=1S/C21H23Cl2N5O2/c1-12-19(21(30)27-9-7-15(11-27)26(3)13(2)29)20(28-18(25-12)6-8-24-28)14-4-5-16(22)17(23)10-14/h4-6,8,10,15,20,25H,7,9,11H2,1-3H3. The summed E-state index contributed by atoms with van der Waals surface area (Å²) in [5, 5.41) is 8.61. The van der Waals surface area contributed by atoms with Crippen molar-refractivity contribution in [1.82, 2.24) is 19.6 Å². The summed E-state index contributed by atoms with van der Waals surface area (Å²) in [5.74, 6) is 0.728. The van der Waals surface area contributed by atoms with Gasteiger partial charge in [0.15, 0.2) is 0 Å². The maximum absolute atomic E-state index is 13.6. The van der Waals surface area contributed by atoms with Crippen LogP contribution >= 0.6 is 23.2 Å². The zero-order chi connectivity index (χ0) is 21.6. The van der Waals surface area contributed by atoms with Crippen molar-refractivity contribution < 1.29 is 9.59 Å². The summed E-state index contributed by atoms with van der Waals surface area (Å²) >= 11 is 12.4. The lowest BCUT2D eigenvalue weighted by Gasteiger charge is -2.32. The van der Waals surface area contributed by atoms with E-state index in [1.165, 1.54) is 0 Å². The predicted octanol–water partition coefficient (Wildman–Crippen LogP) is 3.56. The Morgan fingerprint density at radius 3 is 2.70 bits per heavy atom. The molecule has 0 aliphatic carbocycles. The van der Waals surface area contributed by atoms with Gasteiger partial charge in [-0.3, -0.25) is 9.59 Å². The zero-order valence-corrected chi connectivity index (χ0v) is 18.5. The van der Waals surface area contributed by atoms with Gasteiger partial charge in [0.2, 0.25) is 5.91 Å². The average Bonchev–Trinajstić information content (AvgIpc) is 3.37. The highest BCUT2D eigenvalue weighted by Gasteiger charge is 2.38. The van der Waals surface area contributed by atoms with Crippen LogP contribution in [0, 0.1) is 0 Å². The number of nitrogens with zero attached hydrogens (tertiary/aromatic N) is 4. The predicted molar refractivity (Wildman–Crippen MR) is 117 cm³/mol. The normalized spacial score (nSPS) is 20.8. The highest BCUT2D eigenvalue weighted by atomic mass is 35.5. The summed E-state index contributed by atoms with van der Waals surface area (Å²) < 4.78 is 1.79. The van der Waals surface area contributed by atoms with Crippen LogP contribution in [0.5, 0.6) is 0 Å². The molecular weight excluding hydrogens is 425 g/mol. The Morgan fingerprint density at radius 1 is 1.23 bits per heavy atom. The average molecular weight is 448 g/mol. The molecule has 1 N–H and O–H groups in total. The SMILES string of the molecule is CC(=O)N(C)C1CCN(C(=O)C2=C(C)Nc3ccnn3C2c2ccc(Cl)c(Cl)c2)C1. The van der Waals surface area contributed by atoms with Gasteiger partial charge in [0.1, 0.15) is 11.9 Å². The highest BCUT2D eigenvalue weighted by molar-refractivity contribution is 6.42. The van der Waals surface area contributed by atoms with Crippen molar-refractivity contribution >= 4 is 40.8 Å². The van der Waals surface area contributed by atoms with Gasteiger partial charge in [-0.25, -0.2) is 4.68 Å². The molecule has 2 aliphatic heterocycles. The molecule has 1 aromatic carbocycles. The van der Waals surface area contributed by atoms with Gasteiger partial charge in [-0.05, 0) is 31.0 Å². The second-order valence-corrected chi connectivity index (χ2v) is 8.54. The topological polar surface area (TPSA) is 70.5 Å². The maximum atomic E-state index is 13.6. The van der Waals surface area contributed by atoms with Crippen LogP contribution in [0.2, 0.25) is 10.0 Å². The molecule has 2 unspecified atom stereocenters. The van der Waals surface area contributed by atoms with E-state index in [0.717, 1.165) is 23.5 Å². The second-order valence-electron chi connectivity index (χ2n) is 7.72. The molecule has 0 bridgehead atoms. The number of aromatic nitrogens is 2. The fourth-order valence-electron chi connectivity index (χ4n) is 4.14. The first-order chi connectivity index (χ1) is 14.3. The summed E-state index contributed by atoms with van der Waals surface area (Å²) in [6.45, 7) is 4.54. The number of carbonyl (C=O) groups is 2. The molecule has 2 amide bonds. The lowest BCUT2D eigenvalue weighted by atomic mass is 9.94. The minimum absolute atomic E-state index is 0.00102. The first-order valence-electron chi connectivity index (χ1n) is 9.77. The van der Waals surface area contributed by atoms with E-state index in [9.17, 15) is 9.59 Å². The molecule has 1 aromatic heterocycles. The van der Waals surface area contributed by atoms with Gasteiger partial charge < -0.3 is 15.1 Å². The van der Waals surface area contributed by atoms with Crippen LogP contribution in [0.4, 0.5) is 5.82 Å². The molecule has 30 heavy (non-hydrogen) atoms. The van der Waals surface area contributed by atoms with Gasteiger partial charge in [0.25, 0.3) is 5.91 Å². The number of fused-ring (bicyclic) bond motifs is 1. The van der Waals surface area contributed by atoms with Gasteiger partial charge in [0.05, 0.1) is 27.9 Å². The van der Waals surface area contributed by atoms with Crippen molar-refractivity contribution in [2.24, 2.45) is 0 Å². The van der Waals surface area contributed by atoms with Crippen molar-refractivity contribution in [2.75, 3.05) is 25.5 Å². The molecule has 2 aliphatic rings. The Kier molecular flexibility index (Phi) is 5.51. The Morgan fingerprint density at radius 2 is 2.00 bits per heavy atom. The fraction of sp³-hybridized carbons (Fsp3) is 0.381. The van der Waals surface area contributed by atoms with Gasteiger partial charge in [-0.1, -0.05) is 29.3 Å². The van der Waals surface area contributed by atoms with E-state index in [4.69, 9.17) is 23.2 Å². The van der Waals surface area contributed by atoms with Crippen LogP contribution in [0.15, 0.2) is 41.7 Å². The number of amides is 2. The van der Waals surface area contributed by atoms with Gasteiger partial charge in [0, 0.05) is 38.8 Å². The third-order valence-corrected chi connectivity index (χ3v) is 6.63. The van der Waals surface area contributed by atoms with Gasteiger partial charge >= 0.3 is 0 Å².